The SMILES string of the molecule is CCNC(=NCC(O)CS(=O)(=O)c1cccs1)N1CCCC(C(=O)OCC)C1. The molecule has 1 fully saturated rings. The third kappa shape index (κ3) is 6.46. The molecule has 2 atom stereocenters. The number of guanidine groups is 1. The van der Waals surface area contributed by atoms with Crippen molar-refractivity contribution in [3.05, 3.63) is 17.5 Å². The standard InChI is InChI=1S/C18H29N3O5S2/c1-3-19-18(21-9-5-7-14(12-21)17(23)26-4-2)20-11-15(22)13-28(24,25)16-8-6-10-27-16/h6,8,10,14-15,22H,3-5,7,9,11-13H2,1-2H3,(H,19,20). The van der Waals surface area contributed by atoms with Crippen LogP contribution in [0.4, 0.5) is 0 Å². The number of piperidine rings is 1. The minimum absolute atomic E-state index is 0.0342. The summed E-state index contributed by atoms with van der Waals surface area (Å²) in [5.41, 5.74) is 0. The highest BCUT2D eigenvalue weighted by Gasteiger charge is 2.28. The average molecular weight is 432 g/mol. The van der Waals surface area contributed by atoms with Gasteiger partial charge in [0.1, 0.15) is 4.21 Å². The zero-order valence-corrected chi connectivity index (χ0v) is 18.0. The van der Waals surface area contributed by atoms with Crippen LogP contribution in [0.2, 0.25) is 0 Å². The van der Waals surface area contributed by atoms with Crippen LogP contribution in [-0.4, -0.2) is 75.0 Å². The highest BCUT2D eigenvalue weighted by Crippen LogP contribution is 2.19. The third-order valence-electron chi connectivity index (χ3n) is 4.34. The number of thiophene rings is 1. The second-order valence-corrected chi connectivity index (χ2v) is 9.81. The van der Waals surface area contributed by atoms with E-state index in [9.17, 15) is 18.3 Å². The van der Waals surface area contributed by atoms with Gasteiger partial charge in [0.05, 0.1) is 30.9 Å². The molecule has 0 radical (unpaired) electrons. The van der Waals surface area contributed by atoms with Crippen LogP contribution in [0.5, 0.6) is 0 Å². The first kappa shape index (κ1) is 22.6. The van der Waals surface area contributed by atoms with Gasteiger partial charge in [-0.2, -0.15) is 0 Å². The van der Waals surface area contributed by atoms with E-state index >= 15 is 0 Å². The van der Waals surface area contributed by atoms with E-state index in [1.807, 2.05) is 11.8 Å². The maximum atomic E-state index is 12.3. The van der Waals surface area contributed by atoms with Gasteiger partial charge in [0.2, 0.25) is 0 Å². The lowest BCUT2D eigenvalue weighted by Crippen LogP contribution is -2.48. The summed E-state index contributed by atoms with van der Waals surface area (Å²) >= 11 is 1.13. The summed E-state index contributed by atoms with van der Waals surface area (Å²) in [6, 6.07) is 3.20. The van der Waals surface area contributed by atoms with Crippen molar-refractivity contribution >= 4 is 33.1 Å². The molecule has 0 amide bonds. The fourth-order valence-electron chi connectivity index (χ4n) is 3.07. The molecule has 0 saturated carbocycles. The number of rotatable bonds is 8. The van der Waals surface area contributed by atoms with Gasteiger partial charge in [-0.3, -0.25) is 9.79 Å². The Morgan fingerprint density at radius 1 is 1.50 bits per heavy atom. The molecule has 28 heavy (non-hydrogen) atoms. The van der Waals surface area contributed by atoms with Gasteiger partial charge in [-0.15, -0.1) is 11.3 Å². The van der Waals surface area contributed by atoms with Crippen molar-refractivity contribution in [2.75, 3.05) is 38.5 Å². The fourth-order valence-corrected chi connectivity index (χ4v) is 5.54. The van der Waals surface area contributed by atoms with Crippen molar-refractivity contribution < 1.29 is 23.1 Å². The normalized spacial score (nSPS) is 19.3. The first-order chi connectivity index (χ1) is 13.4. The minimum Gasteiger partial charge on any atom is -0.466 e. The molecular formula is C18H29N3O5S2. The van der Waals surface area contributed by atoms with Crippen LogP contribution in [0.1, 0.15) is 26.7 Å². The van der Waals surface area contributed by atoms with Crippen LogP contribution in [-0.2, 0) is 19.4 Å². The van der Waals surface area contributed by atoms with Gasteiger partial charge in [-0.05, 0) is 38.1 Å². The quantitative estimate of drug-likeness (QED) is 0.361. The topological polar surface area (TPSA) is 108 Å². The monoisotopic (exact) mass is 431 g/mol. The van der Waals surface area contributed by atoms with Crippen molar-refractivity contribution in [3.63, 3.8) is 0 Å². The molecule has 2 heterocycles. The molecule has 1 saturated heterocycles. The summed E-state index contributed by atoms with van der Waals surface area (Å²) in [6.07, 6.45) is 0.506. The number of esters is 1. The Morgan fingerprint density at radius 2 is 2.29 bits per heavy atom. The number of aliphatic hydroxyl groups excluding tert-OH is 1. The fraction of sp³-hybridized carbons (Fsp3) is 0.667. The number of likely N-dealkylation sites (tertiary alicyclic amines) is 1. The number of nitrogens with one attached hydrogen (secondary N) is 1. The van der Waals surface area contributed by atoms with E-state index in [1.54, 1.807) is 18.4 Å². The molecule has 158 valence electrons. The Morgan fingerprint density at radius 3 is 2.93 bits per heavy atom. The van der Waals surface area contributed by atoms with Crippen LogP contribution in [0.3, 0.4) is 0 Å². The first-order valence-electron chi connectivity index (χ1n) is 9.51. The van der Waals surface area contributed by atoms with Crippen molar-refractivity contribution in [2.45, 2.75) is 37.0 Å². The molecule has 0 spiro atoms. The van der Waals surface area contributed by atoms with E-state index in [-0.39, 0.29) is 28.4 Å². The number of ether oxygens (including phenoxy) is 1. The maximum absolute atomic E-state index is 12.3. The third-order valence-corrected chi connectivity index (χ3v) is 7.63. The summed E-state index contributed by atoms with van der Waals surface area (Å²) in [5, 5.41) is 15.1. The average Bonchev–Trinajstić information content (AvgIpc) is 3.21. The lowest BCUT2D eigenvalue weighted by molar-refractivity contribution is -0.149. The molecule has 2 N–H and O–H groups in total. The number of carbonyl (C=O) groups excluding carboxylic acids is 1. The smallest absolute Gasteiger partial charge is 0.310 e. The minimum atomic E-state index is -3.52. The molecule has 1 aromatic heterocycles. The van der Waals surface area contributed by atoms with Crippen molar-refractivity contribution in [2.24, 2.45) is 10.9 Å². The van der Waals surface area contributed by atoms with Gasteiger partial charge in [0, 0.05) is 19.6 Å². The lowest BCUT2D eigenvalue weighted by Gasteiger charge is -2.34. The lowest BCUT2D eigenvalue weighted by atomic mass is 9.98. The summed E-state index contributed by atoms with van der Waals surface area (Å²) in [6.45, 7) is 5.90. The van der Waals surface area contributed by atoms with Gasteiger partial charge in [-0.1, -0.05) is 6.07 Å². The van der Waals surface area contributed by atoms with Gasteiger partial charge in [0.15, 0.2) is 15.8 Å². The van der Waals surface area contributed by atoms with Gasteiger partial charge in [0.25, 0.3) is 0 Å². The zero-order chi connectivity index (χ0) is 20.6. The van der Waals surface area contributed by atoms with Crippen molar-refractivity contribution in [1.82, 2.24) is 10.2 Å². The molecule has 0 bridgehead atoms. The zero-order valence-electron chi connectivity index (χ0n) is 16.3. The van der Waals surface area contributed by atoms with Gasteiger partial charge in [-0.25, -0.2) is 8.42 Å². The van der Waals surface area contributed by atoms with Gasteiger partial charge < -0.3 is 20.1 Å². The largest absolute Gasteiger partial charge is 0.466 e. The van der Waals surface area contributed by atoms with E-state index in [2.05, 4.69) is 10.3 Å². The Hall–Kier alpha value is -1.65. The predicted molar refractivity (Wildman–Crippen MR) is 109 cm³/mol. The van der Waals surface area contributed by atoms with Crippen LogP contribution in [0, 0.1) is 5.92 Å². The number of aliphatic imine (C=N–C) groups is 1. The molecule has 2 rings (SSSR count). The molecule has 10 heteroatoms. The number of hydrogen-bond acceptors (Lipinski definition) is 7. The molecule has 8 nitrogen and oxygen atoms in total. The number of carbonyl (C=O) groups is 1. The maximum Gasteiger partial charge on any atom is 0.310 e. The van der Waals surface area contributed by atoms with Crippen LogP contribution in [0.15, 0.2) is 26.7 Å². The molecule has 1 aliphatic rings. The second-order valence-electron chi connectivity index (χ2n) is 6.60. The van der Waals surface area contributed by atoms with E-state index in [0.29, 0.717) is 25.7 Å². The Kier molecular flexibility index (Phi) is 8.71. The molecule has 0 aromatic carbocycles. The van der Waals surface area contributed by atoms with E-state index in [1.165, 1.54) is 6.07 Å². The van der Waals surface area contributed by atoms with Crippen molar-refractivity contribution in [1.29, 1.82) is 0 Å². The molecular weight excluding hydrogens is 402 g/mol. The van der Waals surface area contributed by atoms with Crippen molar-refractivity contribution in [3.8, 4) is 0 Å². The molecule has 0 aliphatic carbocycles. The van der Waals surface area contributed by atoms with Crippen LogP contribution >= 0.6 is 11.3 Å². The van der Waals surface area contributed by atoms with Crippen LogP contribution < -0.4 is 5.32 Å². The van der Waals surface area contributed by atoms with E-state index in [0.717, 1.165) is 30.7 Å². The Bertz CT molecular complexity index is 749. The molecule has 1 aromatic rings. The molecule has 2 unspecified atom stereocenters. The number of hydrogen-bond donors (Lipinski definition) is 2. The molecule has 1 aliphatic heterocycles. The second kappa shape index (κ2) is 10.8. The summed E-state index contributed by atoms with van der Waals surface area (Å²) < 4.78 is 29.9. The Balaban J connectivity index is 2.00. The summed E-state index contributed by atoms with van der Waals surface area (Å²) in [4.78, 5) is 18.4. The van der Waals surface area contributed by atoms with E-state index in [4.69, 9.17) is 4.74 Å². The predicted octanol–water partition coefficient (Wildman–Crippen LogP) is 1.12. The van der Waals surface area contributed by atoms with Gasteiger partial charge >= 0.3 is 5.97 Å². The highest BCUT2D eigenvalue weighted by molar-refractivity contribution is 7.93. The van der Waals surface area contributed by atoms with Crippen LogP contribution in [0.25, 0.3) is 0 Å². The summed E-state index contributed by atoms with van der Waals surface area (Å²) in [5.74, 6) is -0.210. The number of nitrogens with zero attached hydrogens (tertiary/aromatic N) is 2. The number of aliphatic hydroxyl groups is 1. The van der Waals surface area contributed by atoms with E-state index < -0.39 is 15.9 Å². The highest BCUT2D eigenvalue weighted by atomic mass is 32.2. The Labute approximate surface area is 170 Å². The summed E-state index contributed by atoms with van der Waals surface area (Å²) in [7, 11) is -3.52. The number of sulfone groups is 1. The first-order valence-corrected chi connectivity index (χ1v) is 12.0.